The molecule has 10 rings (SSSR count). The summed E-state index contributed by atoms with van der Waals surface area (Å²) in [5.74, 6) is 1.90. The molecule has 0 N–H and O–H groups in total. The average molecular weight is 714 g/mol. The predicted molar refractivity (Wildman–Crippen MR) is 233 cm³/mol. The van der Waals surface area contributed by atoms with Gasteiger partial charge in [0.1, 0.15) is 0 Å². The van der Waals surface area contributed by atoms with E-state index in [-0.39, 0.29) is 0 Å². The largest absolute Gasteiger partial charge is 0.208 e. The van der Waals surface area contributed by atoms with Gasteiger partial charge in [0.25, 0.3) is 0 Å². The minimum absolute atomic E-state index is 0.629. The van der Waals surface area contributed by atoms with Gasteiger partial charge in [-0.25, -0.2) is 15.0 Å². The van der Waals surface area contributed by atoms with E-state index in [9.17, 15) is 0 Å². The molecule has 0 fully saturated rings. The number of rotatable bonds is 7. The molecular formula is C53H35N3. The molecule has 0 bridgehead atoms. The van der Waals surface area contributed by atoms with Crippen LogP contribution in [0.25, 0.3) is 100 Å². The Balaban J connectivity index is 1.15. The number of nitrogens with zero attached hydrogens (tertiary/aromatic N) is 3. The quantitative estimate of drug-likeness (QED) is 0.154. The van der Waals surface area contributed by atoms with Gasteiger partial charge in [-0.05, 0) is 84.3 Å². The third kappa shape index (κ3) is 6.21. The van der Waals surface area contributed by atoms with Crippen molar-refractivity contribution in [3.05, 3.63) is 212 Å². The molecule has 262 valence electrons. The van der Waals surface area contributed by atoms with Crippen LogP contribution in [0.2, 0.25) is 0 Å². The molecule has 9 aromatic carbocycles. The van der Waals surface area contributed by atoms with Crippen molar-refractivity contribution in [2.24, 2.45) is 0 Å². The summed E-state index contributed by atoms with van der Waals surface area (Å²) in [6.45, 7) is 0. The Bertz CT molecular complexity index is 3000. The highest BCUT2D eigenvalue weighted by Gasteiger charge is 2.18. The number of hydrogen-bond acceptors (Lipinski definition) is 3. The van der Waals surface area contributed by atoms with Crippen molar-refractivity contribution >= 4 is 21.5 Å². The van der Waals surface area contributed by atoms with Gasteiger partial charge in [-0.3, -0.25) is 0 Å². The molecule has 0 aliphatic carbocycles. The first-order valence-corrected chi connectivity index (χ1v) is 18.9. The topological polar surface area (TPSA) is 38.7 Å². The van der Waals surface area contributed by atoms with Crippen molar-refractivity contribution < 1.29 is 0 Å². The predicted octanol–water partition coefficient (Wildman–Crippen LogP) is 13.8. The molecule has 0 aliphatic heterocycles. The van der Waals surface area contributed by atoms with Gasteiger partial charge in [-0.15, -0.1) is 0 Å². The molecule has 0 amide bonds. The van der Waals surface area contributed by atoms with Gasteiger partial charge in [-0.2, -0.15) is 0 Å². The fourth-order valence-electron chi connectivity index (χ4n) is 7.85. The summed E-state index contributed by atoms with van der Waals surface area (Å²) in [6.07, 6.45) is 0. The highest BCUT2D eigenvalue weighted by Crippen LogP contribution is 2.45. The third-order valence-corrected chi connectivity index (χ3v) is 10.5. The van der Waals surface area contributed by atoms with E-state index < -0.39 is 0 Å². The zero-order valence-corrected chi connectivity index (χ0v) is 30.5. The minimum Gasteiger partial charge on any atom is -0.208 e. The van der Waals surface area contributed by atoms with Crippen LogP contribution < -0.4 is 0 Å². The lowest BCUT2D eigenvalue weighted by molar-refractivity contribution is 1.07. The minimum atomic E-state index is 0.629. The van der Waals surface area contributed by atoms with Crippen LogP contribution in [0.3, 0.4) is 0 Å². The number of fused-ring (bicyclic) bond motifs is 2. The van der Waals surface area contributed by atoms with Crippen LogP contribution in [0, 0.1) is 0 Å². The zero-order chi connectivity index (χ0) is 37.3. The fraction of sp³-hybridized carbons (Fsp3) is 0. The molecule has 3 heteroatoms. The smallest absolute Gasteiger partial charge is 0.164 e. The van der Waals surface area contributed by atoms with Crippen LogP contribution in [-0.4, -0.2) is 15.0 Å². The Morgan fingerprint density at radius 3 is 1.05 bits per heavy atom. The summed E-state index contributed by atoms with van der Waals surface area (Å²) >= 11 is 0. The van der Waals surface area contributed by atoms with E-state index in [0.29, 0.717) is 17.5 Å². The maximum Gasteiger partial charge on any atom is 0.164 e. The van der Waals surface area contributed by atoms with Crippen molar-refractivity contribution in [2.75, 3.05) is 0 Å². The van der Waals surface area contributed by atoms with Crippen molar-refractivity contribution in [1.29, 1.82) is 0 Å². The van der Waals surface area contributed by atoms with Crippen LogP contribution in [0.4, 0.5) is 0 Å². The molecular weight excluding hydrogens is 679 g/mol. The van der Waals surface area contributed by atoms with Gasteiger partial charge < -0.3 is 0 Å². The van der Waals surface area contributed by atoms with Gasteiger partial charge in [-0.1, -0.05) is 194 Å². The van der Waals surface area contributed by atoms with Gasteiger partial charge in [0.15, 0.2) is 17.5 Å². The van der Waals surface area contributed by atoms with Gasteiger partial charge in [0.2, 0.25) is 0 Å². The summed E-state index contributed by atoms with van der Waals surface area (Å²) < 4.78 is 0. The Labute approximate surface area is 326 Å². The Hall–Kier alpha value is -7.49. The molecule has 1 heterocycles. The molecule has 0 saturated carbocycles. The van der Waals surface area contributed by atoms with E-state index in [1.54, 1.807) is 0 Å². The van der Waals surface area contributed by atoms with Crippen molar-refractivity contribution in [3.8, 4) is 78.7 Å². The van der Waals surface area contributed by atoms with E-state index in [1.165, 1.54) is 43.8 Å². The van der Waals surface area contributed by atoms with Crippen LogP contribution in [0.15, 0.2) is 212 Å². The Kier molecular flexibility index (Phi) is 8.51. The SMILES string of the molecule is c1ccc(-c2cccc(-c3nc(-c4ccccc4)nc(-c4cccc(-c5ccc6c(-c7ccccc7)c7ccccc7c(-c7ccccc7)c6c5)c4)n3)c2)cc1. The summed E-state index contributed by atoms with van der Waals surface area (Å²) in [4.78, 5) is 15.2. The van der Waals surface area contributed by atoms with Crippen LogP contribution in [0.5, 0.6) is 0 Å². The summed E-state index contributed by atoms with van der Waals surface area (Å²) in [5.41, 5.74) is 12.2. The standard InChI is InChI=1S/C53H35N3/c1-5-17-36(18-6-1)40-25-15-27-43(33-40)52-54-51(39-23-11-4-12-24-39)55-53(56-52)44-28-16-26-41(34-44)42-31-32-47-48(35-42)50(38-21-9-3-10-22-38)46-30-14-13-29-45(46)49(47)37-19-7-2-8-20-37/h1-35H. The Morgan fingerprint density at radius 2 is 0.536 bits per heavy atom. The summed E-state index contributed by atoms with van der Waals surface area (Å²) in [6, 6.07) is 74.8. The normalized spacial score (nSPS) is 11.2. The number of hydrogen-bond donors (Lipinski definition) is 0. The molecule has 0 saturated heterocycles. The molecule has 3 nitrogen and oxygen atoms in total. The first-order chi connectivity index (χ1) is 27.8. The Morgan fingerprint density at radius 1 is 0.196 bits per heavy atom. The van der Waals surface area contributed by atoms with Crippen molar-refractivity contribution in [3.63, 3.8) is 0 Å². The second kappa shape index (κ2) is 14.4. The number of aromatic nitrogens is 3. The summed E-state index contributed by atoms with van der Waals surface area (Å²) in [5, 5.41) is 4.91. The molecule has 0 aliphatic rings. The average Bonchev–Trinajstić information content (AvgIpc) is 3.29. The lowest BCUT2D eigenvalue weighted by Gasteiger charge is -2.19. The van der Waals surface area contributed by atoms with Crippen LogP contribution in [-0.2, 0) is 0 Å². The highest BCUT2D eigenvalue weighted by molar-refractivity contribution is 6.22. The van der Waals surface area contributed by atoms with Crippen LogP contribution in [0.1, 0.15) is 0 Å². The monoisotopic (exact) mass is 713 g/mol. The molecule has 0 spiro atoms. The lowest BCUT2D eigenvalue weighted by atomic mass is 9.85. The molecule has 56 heavy (non-hydrogen) atoms. The van der Waals surface area contributed by atoms with Crippen molar-refractivity contribution in [2.45, 2.75) is 0 Å². The van der Waals surface area contributed by atoms with Gasteiger partial charge in [0.05, 0.1) is 0 Å². The van der Waals surface area contributed by atoms with Gasteiger partial charge in [0, 0.05) is 16.7 Å². The second-order valence-corrected chi connectivity index (χ2v) is 14.0. The molecule has 10 aromatic rings. The third-order valence-electron chi connectivity index (χ3n) is 10.5. The molecule has 0 atom stereocenters. The molecule has 0 radical (unpaired) electrons. The number of benzene rings is 9. The van der Waals surface area contributed by atoms with E-state index in [1.807, 2.05) is 36.4 Å². The second-order valence-electron chi connectivity index (χ2n) is 14.0. The first kappa shape index (κ1) is 33.1. The maximum absolute atomic E-state index is 5.13. The van der Waals surface area contributed by atoms with Crippen molar-refractivity contribution in [1.82, 2.24) is 15.0 Å². The zero-order valence-electron chi connectivity index (χ0n) is 30.5. The highest BCUT2D eigenvalue weighted by atomic mass is 15.0. The van der Waals surface area contributed by atoms with E-state index in [4.69, 9.17) is 15.0 Å². The first-order valence-electron chi connectivity index (χ1n) is 18.9. The summed E-state index contributed by atoms with van der Waals surface area (Å²) in [7, 11) is 0. The van der Waals surface area contributed by atoms with E-state index >= 15 is 0 Å². The van der Waals surface area contributed by atoms with E-state index in [2.05, 4.69) is 176 Å². The maximum atomic E-state index is 5.13. The van der Waals surface area contributed by atoms with Crippen LogP contribution >= 0.6 is 0 Å². The lowest BCUT2D eigenvalue weighted by Crippen LogP contribution is -2.00. The fourth-order valence-corrected chi connectivity index (χ4v) is 7.85. The molecule has 1 aromatic heterocycles. The molecule has 0 unspecified atom stereocenters. The van der Waals surface area contributed by atoms with E-state index in [0.717, 1.165) is 38.9 Å². The van der Waals surface area contributed by atoms with Gasteiger partial charge >= 0.3 is 0 Å².